The summed E-state index contributed by atoms with van der Waals surface area (Å²) >= 11 is 0. The van der Waals surface area contributed by atoms with Gasteiger partial charge in [0, 0.05) is 19.6 Å². The summed E-state index contributed by atoms with van der Waals surface area (Å²) in [6.07, 6.45) is 2.19. The topological polar surface area (TPSA) is 105 Å². The molecule has 1 aliphatic rings. The fraction of sp³-hybridized carbons (Fsp3) is 0.700. The highest BCUT2D eigenvalue weighted by atomic mass is 32.2. The minimum atomic E-state index is -3.78. The minimum Gasteiger partial charge on any atom is -0.481 e. The summed E-state index contributed by atoms with van der Waals surface area (Å²) in [5.74, 6) is -1.63. The molecule has 1 saturated heterocycles. The fourth-order valence-electron chi connectivity index (χ4n) is 2.18. The van der Waals surface area contributed by atoms with Crippen LogP contribution >= 0.6 is 0 Å². The molecule has 9 heteroatoms. The van der Waals surface area contributed by atoms with Crippen LogP contribution in [-0.4, -0.2) is 51.4 Å². The first-order chi connectivity index (χ1) is 8.82. The molecule has 0 bridgehead atoms. The number of hydrogen-bond donors (Lipinski definition) is 1. The minimum absolute atomic E-state index is 0.0184. The van der Waals surface area contributed by atoms with E-state index in [1.807, 2.05) is 0 Å². The Morgan fingerprint density at radius 1 is 1.47 bits per heavy atom. The maximum absolute atomic E-state index is 12.4. The zero-order valence-corrected chi connectivity index (χ0v) is 11.5. The van der Waals surface area contributed by atoms with Crippen molar-refractivity contribution in [2.75, 3.05) is 6.54 Å². The van der Waals surface area contributed by atoms with E-state index < -0.39 is 21.9 Å². The molecule has 1 N–H and O–H groups in total. The van der Waals surface area contributed by atoms with E-state index in [0.29, 0.717) is 12.8 Å². The number of carbonyl (C=O) groups is 1. The van der Waals surface area contributed by atoms with Gasteiger partial charge in [-0.15, -0.1) is 5.10 Å². The first kappa shape index (κ1) is 13.9. The van der Waals surface area contributed by atoms with Crippen molar-refractivity contribution in [2.45, 2.75) is 30.8 Å². The van der Waals surface area contributed by atoms with Crippen molar-refractivity contribution < 1.29 is 18.3 Å². The maximum Gasteiger partial charge on any atom is 0.307 e. The molecule has 0 saturated carbocycles. The van der Waals surface area contributed by atoms with Crippen LogP contribution in [0.3, 0.4) is 0 Å². The van der Waals surface area contributed by atoms with Gasteiger partial charge in [-0.05, 0) is 19.8 Å². The Morgan fingerprint density at radius 3 is 2.68 bits per heavy atom. The summed E-state index contributed by atoms with van der Waals surface area (Å²) < 4.78 is 26.0. The average Bonchev–Trinajstić information content (AvgIpc) is 2.76. The Bertz CT molecular complexity index is 582. The molecule has 0 amide bonds. The molecule has 2 rings (SSSR count). The van der Waals surface area contributed by atoms with Gasteiger partial charge in [-0.25, -0.2) is 8.42 Å². The number of aliphatic carboxylic acids is 1. The third-order valence-electron chi connectivity index (χ3n) is 3.33. The summed E-state index contributed by atoms with van der Waals surface area (Å²) in [4.78, 5) is 12.2. The second-order valence-electron chi connectivity index (χ2n) is 4.71. The molecule has 0 radical (unpaired) electrons. The summed E-state index contributed by atoms with van der Waals surface area (Å²) in [6, 6.07) is -0.234. The van der Waals surface area contributed by atoms with Gasteiger partial charge in [-0.1, -0.05) is 0 Å². The molecule has 2 unspecified atom stereocenters. The van der Waals surface area contributed by atoms with Crippen LogP contribution in [0, 0.1) is 5.92 Å². The second-order valence-corrected chi connectivity index (χ2v) is 6.55. The predicted molar refractivity (Wildman–Crippen MR) is 64.7 cm³/mol. The Morgan fingerprint density at radius 2 is 2.16 bits per heavy atom. The van der Waals surface area contributed by atoms with E-state index in [9.17, 15) is 13.2 Å². The second kappa shape index (κ2) is 4.89. The van der Waals surface area contributed by atoms with Crippen molar-refractivity contribution in [1.82, 2.24) is 19.3 Å². The Hall–Kier alpha value is -1.48. The van der Waals surface area contributed by atoms with Crippen molar-refractivity contribution in [3.63, 3.8) is 0 Å². The van der Waals surface area contributed by atoms with Crippen molar-refractivity contribution in [2.24, 2.45) is 13.0 Å². The van der Waals surface area contributed by atoms with Crippen molar-refractivity contribution in [3.05, 3.63) is 6.20 Å². The van der Waals surface area contributed by atoms with Gasteiger partial charge in [-0.3, -0.25) is 4.79 Å². The van der Waals surface area contributed by atoms with Crippen LogP contribution in [0.5, 0.6) is 0 Å². The molecule has 0 aliphatic carbocycles. The highest BCUT2D eigenvalue weighted by Gasteiger charge is 2.38. The maximum atomic E-state index is 12.4. The molecule has 2 atom stereocenters. The van der Waals surface area contributed by atoms with Gasteiger partial charge in [0.2, 0.25) is 5.03 Å². The summed E-state index contributed by atoms with van der Waals surface area (Å²) in [5.41, 5.74) is 0. The van der Waals surface area contributed by atoms with E-state index in [4.69, 9.17) is 5.11 Å². The standard InChI is InChI=1S/C10H16N4O4S/c1-7-3-4-8(10(15)16)6-14(7)19(17,18)9-5-11-13(2)12-9/h5,7-8H,3-4,6H2,1-2H3,(H,15,16). The van der Waals surface area contributed by atoms with Crippen LogP contribution in [0.15, 0.2) is 11.2 Å². The number of piperidine rings is 1. The van der Waals surface area contributed by atoms with Crippen LogP contribution in [0.1, 0.15) is 19.8 Å². The lowest BCUT2D eigenvalue weighted by Crippen LogP contribution is -2.47. The number of carboxylic acids is 1. The van der Waals surface area contributed by atoms with E-state index in [0.717, 1.165) is 4.80 Å². The summed E-state index contributed by atoms with van der Waals surface area (Å²) in [5, 5.41) is 16.4. The van der Waals surface area contributed by atoms with Gasteiger partial charge < -0.3 is 5.11 Å². The van der Waals surface area contributed by atoms with E-state index in [-0.39, 0.29) is 17.6 Å². The molecule has 8 nitrogen and oxygen atoms in total. The number of aromatic nitrogens is 3. The third-order valence-corrected chi connectivity index (χ3v) is 5.17. The van der Waals surface area contributed by atoms with Crippen molar-refractivity contribution in [3.8, 4) is 0 Å². The molecule has 0 spiro atoms. The number of aryl methyl sites for hydroxylation is 1. The first-order valence-corrected chi connectivity index (χ1v) is 7.37. The molecule has 106 valence electrons. The summed E-state index contributed by atoms with van der Waals surface area (Å²) in [6.45, 7) is 1.75. The zero-order valence-electron chi connectivity index (χ0n) is 10.7. The van der Waals surface area contributed by atoms with E-state index in [1.54, 1.807) is 6.92 Å². The number of rotatable bonds is 3. The third kappa shape index (κ3) is 2.61. The van der Waals surface area contributed by atoms with Gasteiger partial charge in [-0.2, -0.15) is 14.2 Å². The van der Waals surface area contributed by atoms with Crippen LogP contribution in [0.25, 0.3) is 0 Å². The molecule has 1 fully saturated rings. The number of nitrogens with zero attached hydrogens (tertiary/aromatic N) is 4. The van der Waals surface area contributed by atoms with Gasteiger partial charge in [0.05, 0.1) is 12.1 Å². The Labute approximate surface area is 111 Å². The van der Waals surface area contributed by atoms with Crippen LogP contribution in [0.2, 0.25) is 0 Å². The smallest absolute Gasteiger partial charge is 0.307 e. The normalized spacial score (nSPS) is 25.4. The highest BCUT2D eigenvalue weighted by molar-refractivity contribution is 7.89. The quantitative estimate of drug-likeness (QED) is 0.817. The van der Waals surface area contributed by atoms with Crippen LogP contribution < -0.4 is 0 Å². The number of carboxylic acid groups (broad SMARTS) is 1. The molecule has 1 aromatic heterocycles. The SMILES string of the molecule is CC1CCC(C(=O)O)CN1S(=O)(=O)c1cnn(C)n1. The first-order valence-electron chi connectivity index (χ1n) is 5.93. The molecular formula is C10H16N4O4S. The molecule has 19 heavy (non-hydrogen) atoms. The van der Waals surface area contributed by atoms with Crippen LogP contribution in [-0.2, 0) is 21.9 Å². The highest BCUT2D eigenvalue weighted by Crippen LogP contribution is 2.27. The zero-order chi connectivity index (χ0) is 14.2. The van der Waals surface area contributed by atoms with Gasteiger partial charge >= 0.3 is 5.97 Å². The predicted octanol–water partition coefficient (Wildman–Crippen LogP) is -0.311. The molecule has 2 heterocycles. The largest absolute Gasteiger partial charge is 0.481 e. The van der Waals surface area contributed by atoms with Crippen LogP contribution in [0.4, 0.5) is 0 Å². The Balaban J connectivity index is 2.30. The van der Waals surface area contributed by atoms with Gasteiger partial charge in [0.25, 0.3) is 10.0 Å². The molecule has 0 aromatic carbocycles. The lowest BCUT2D eigenvalue weighted by molar-refractivity contribution is -0.143. The number of hydrogen-bond acceptors (Lipinski definition) is 5. The number of sulfonamides is 1. The van der Waals surface area contributed by atoms with E-state index in [2.05, 4.69) is 10.2 Å². The Kier molecular flexibility index (Phi) is 3.59. The summed E-state index contributed by atoms with van der Waals surface area (Å²) in [7, 11) is -2.25. The lowest BCUT2D eigenvalue weighted by atomic mass is 9.96. The van der Waals surface area contributed by atoms with E-state index >= 15 is 0 Å². The van der Waals surface area contributed by atoms with E-state index in [1.165, 1.54) is 17.5 Å². The fourth-order valence-corrected chi connectivity index (χ4v) is 3.77. The monoisotopic (exact) mass is 288 g/mol. The van der Waals surface area contributed by atoms with Crippen molar-refractivity contribution in [1.29, 1.82) is 0 Å². The van der Waals surface area contributed by atoms with Gasteiger partial charge in [0.1, 0.15) is 0 Å². The lowest BCUT2D eigenvalue weighted by Gasteiger charge is -2.34. The van der Waals surface area contributed by atoms with Gasteiger partial charge in [0.15, 0.2) is 0 Å². The molecular weight excluding hydrogens is 272 g/mol. The average molecular weight is 288 g/mol. The molecule has 1 aliphatic heterocycles. The van der Waals surface area contributed by atoms with Crippen molar-refractivity contribution >= 4 is 16.0 Å². The molecule has 1 aromatic rings.